The van der Waals surface area contributed by atoms with Gasteiger partial charge in [-0.2, -0.15) is 0 Å². The molecular weight excluding hydrogens is 518 g/mol. The van der Waals surface area contributed by atoms with Crippen LogP contribution < -0.4 is 0 Å². The van der Waals surface area contributed by atoms with Crippen LogP contribution in [0.15, 0.2) is 40.9 Å². The topological polar surface area (TPSA) is 113 Å². The zero-order valence-corrected chi connectivity index (χ0v) is 21.8. The van der Waals surface area contributed by atoms with E-state index in [1.807, 2.05) is 44.2 Å². The van der Waals surface area contributed by atoms with Crippen LogP contribution in [-0.4, -0.2) is 64.0 Å². The Morgan fingerprint density at radius 3 is 2.51 bits per heavy atom. The number of ether oxygens (including phenoxy) is 2. The van der Waals surface area contributed by atoms with Gasteiger partial charge in [0, 0.05) is 13.0 Å². The van der Waals surface area contributed by atoms with E-state index in [-0.39, 0.29) is 36.5 Å². The fourth-order valence-corrected chi connectivity index (χ4v) is 5.00. The number of hydrogen-bond acceptors (Lipinski definition) is 7. The molecule has 2 heterocycles. The maximum Gasteiger partial charge on any atom is 0.416 e. The zero-order valence-electron chi connectivity index (χ0n) is 20.2. The minimum atomic E-state index is -1.77. The molecule has 192 valence electrons. The molecule has 2 aliphatic rings. The van der Waals surface area contributed by atoms with Crippen LogP contribution in [0.2, 0.25) is 0 Å². The molecule has 0 saturated carbocycles. The smallest absolute Gasteiger partial charge is 0.416 e. The summed E-state index contributed by atoms with van der Waals surface area (Å²) in [7, 11) is 0. The lowest BCUT2D eigenvalue weighted by molar-refractivity contribution is -0.218. The first-order valence-electron chi connectivity index (χ1n) is 12.1. The maximum atomic E-state index is 13.8. The number of ketones is 1. The molecule has 0 bridgehead atoms. The highest BCUT2D eigenvalue weighted by Gasteiger charge is 2.50. The molecule has 2 N–H and O–H groups in total. The summed E-state index contributed by atoms with van der Waals surface area (Å²) in [6, 6.07) is 8.76. The predicted molar refractivity (Wildman–Crippen MR) is 132 cm³/mol. The number of amides is 2. The number of aliphatic hydroxyl groups excluding tert-OH is 1. The number of nitrogens with zero attached hydrogens (tertiary/aromatic N) is 1. The Hall–Kier alpha value is -2.07. The van der Waals surface area contributed by atoms with Gasteiger partial charge in [0.15, 0.2) is 11.6 Å². The van der Waals surface area contributed by atoms with Crippen molar-refractivity contribution in [3.63, 3.8) is 0 Å². The standard InChI is InChI=1S/C26H34BrNO7/c1-17(2)20-16-34-25(32)28(20)24(31)19(14-18-10-6-5-7-11-18)23-21(30)15-22(27)26(33,35-23)12-8-3-4-9-13-29/h5-7,10-11,15,17,19-20,23,29,33H,3-4,8-9,12-14,16H2,1-2H3. The third-order valence-electron chi connectivity index (χ3n) is 6.56. The Morgan fingerprint density at radius 2 is 1.86 bits per heavy atom. The van der Waals surface area contributed by atoms with E-state index in [9.17, 15) is 19.5 Å². The quantitative estimate of drug-likeness (QED) is 0.403. The lowest BCUT2D eigenvalue weighted by Crippen LogP contribution is -2.54. The van der Waals surface area contributed by atoms with Crippen LogP contribution in [0.5, 0.6) is 0 Å². The number of imide groups is 1. The first kappa shape index (κ1) is 27.5. The number of unbranched alkanes of at least 4 members (excludes halogenated alkanes) is 3. The lowest BCUT2D eigenvalue weighted by atomic mass is 9.87. The molecule has 2 aliphatic heterocycles. The van der Waals surface area contributed by atoms with E-state index in [0.29, 0.717) is 12.8 Å². The minimum absolute atomic E-state index is 0.0318. The molecule has 1 aromatic rings. The van der Waals surface area contributed by atoms with E-state index in [4.69, 9.17) is 14.6 Å². The summed E-state index contributed by atoms with van der Waals surface area (Å²) in [5.74, 6) is -3.84. The van der Waals surface area contributed by atoms with Crippen molar-refractivity contribution in [3.05, 3.63) is 46.5 Å². The summed E-state index contributed by atoms with van der Waals surface area (Å²) in [4.78, 5) is 40.5. The van der Waals surface area contributed by atoms with Gasteiger partial charge in [0.1, 0.15) is 12.7 Å². The Labute approximate surface area is 214 Å². The van der Waals surface area contributed by atoms with Gasteiger partial charge in [-0.05, 0) is 52.7 Å². The number of carbonyl (C=O) groups excluding carboxylic acids is 3. The summed E-state index contributed by atoms with van der Waals surface area (Å²) < 4.78 is 11.4. The number of hydrogen-bond donors (Lipinski definition) is 2. The van der Waals surface area contributed by atoms with Crippen molar-refractivity contribution in [1.29, 1.82) is 0 Å². The zero-order chi connectivity index (χ0) is 25.6. The molecule has 9 heteroatoms. The molecule has 0 spiro atoms. The van der Waals surface area contributed by atoms with Crippen molar-refractivity contribution in [3.8, 4) is 0 Å². The van der Waals surface area contributed by atoms with Gasteiger partial charge in [-0.3, -0.25) is 9.59 Å². The Kier molecular flexibility index (Phi) is 9.63. The third-order valence-corrected chi connectivity index (χ3v) is 7.41. The van der Waals surface area contributed by atoms with E-state index in [1.165, 1.54) is 6.08 Å². The molecule has 8 nitrogen and oxygen atoms in total. The van der Waals surface area contributed by atoms with Crippen LogP contribution in [-0.2, 0) is 25.5 Å². The lowest BCUT2D eigenvalue weighted by Gasteiger charge is -2.39. The van der Waals surface area contributed by atoms with Gasteiger partial charge in [0.25, 0.3) is 0 Å². The number of cyclic esters (lactones) is 1. The van der Waals surface area contributed by atoms with E-state index in [2.05, 4.69) is 15.9 Å². The van der Waals surface area contributed by atoms with Crippen molar-refractivity contribution in [2.75, 3.05) is 13.2 Å². The van der Waals surface area contributed by atoms with Crippen molar-refractivity contribution >= 4 is 33.7 Å². The highest BCUT2D eigenvalue weighted by molar-refractivity contribution is 9.11. The van der Waals surface area contributed by atoms with Gasteiger partial charge in [0.2, 0.25) is 5.91 Å². The second-order valence-corrected chi connectivity index (χ2v) is 10.4. The number of carbonyl (C=O) groups is 3. The highest BCUT2D eigenvalue weighted by Crippen LogP contribution is 2.38. The van der Waals surface area contributed by atoms with Crippen molar-refractivity contribution < 1.29 is 34.1 Å². The molecule has 3 rings (SSSR count). The normalized spacial score (nSPS) is 25.5. The van der Waals surface area contributed by atoms with E-state index in [0.717, 1.165) is 23.3 Å². The Morgan fingerprint density at radius 1 is 1.17 bits per heavy atom. The van der Waals surface area contributed by atoms with Gasteiger partial charge >= 0.3 is 6.09 Å². The second-order valence-electron chi connectivity index (χ2n) is 9.50. The van der Waals surface area contributed by atoms with Gasteiger partial charge < -0.3 is 19.7 Å². The molecule has 0 radical (unpaired) electrons. The third kappa shape index (κ3) is 6.58. The highest BCUT2D eigenvalue weighted by atomic mass is 79.9. The molecule has 4 atom stereocenters. The van der Waals surface area contributed by atoms with Gasteiger partial charge in [-0.1, -0.05) is 57.0 Å². The van der Waals surface area contributed by atoms with E-state index < -0.39 is 41.6 Å². The molecule has 1 fully saturated rings. The average molecular weight is 552 g/mol. The summed E-state index contributed by atoms with van der Waals surface area (Å²) >= 11 is 3.27. The monoisotopic (exact) mass is 551 g/mol. The second kappa shape index (κ2) is 12.3. The molecule has 35 heavy (non-hydrogen) atoms. The molecule has 2 amide bonds. The summed E-state index contributed by atoms with van der Waals surface area (Å²) in [5.41, 5.74) is 0.803. The number of aliphatic hydroxyl groups is 2. The van der Waals surface area contributed by atoms with Crippen LogP contribution in [0.25, 0.3) is 0 Å². The van der Waals surface area contributed by atoms with Crippen molar-refractivity contribution in [2.24, 2.45) is 11.8 Å². The molecule has 1 aromatic carbocycles. The van der Waals surface area contributed by atoms with Crippen LogP contribution >= 0.6 is 15.9 Å². The molecular formula is C26H34BrNO7. The molecule has 1 saturated heterocycles. The molecule has 4 unspecified atom stereocenters. The van der Waals surface area contributed by atoms with Crippen molar-refractivity contribution in [1.82, 2.24) is 4.90 Å². The van der Waals surface area contributed by atoms with Crippen LogP contribution in [0.1, 0.15) is 51.5 Å². The number of halogens is 1. The summed E-state index contributed by atoms with van der Waals surface area (Å²) in [5, 5.41) is 20.3. The fourth-order valence-electron chi connectivity index (χ4n) is 4.48. The maximum absolute atomic E-state index is 13.8. The van der Waals surface area contributed by atoms with Gasteiger partial charge in [-0.25, -0.2) is 9.69 Å². The first-order chi connectivity index (χ1) is 16.7. The van der Waals surface area contributed by atoms with Crippen molar-refractivity contribution in [2.45, 2.75) is 70.3 Å². The van der Waals surface area contributed by atoms with Crippen LogP contribution in [0, 0.1) is 11.8 Å². The van der Waals surface area contributed by atoms with Gasteiger partial charge in [-0.15, -0.1) is 0 Å². The number of benzene rings is 1. The summed E-state index contributed by atoms with van der Waals surface area (Å²) in [6.45, 7) is 4.01. The van der Waals surface area contributed by atoms with Crippen LogP contribution in [0.4, 0.5) is 4.79 Å². The fraction of sp³-hybridized carbons (Fsp3) is 0.577. The molecule has 0 aliphatic carbocycles. The SMILES string of the molecule is CC(C)C1COC(=O)N1C(=O)C(Cc1ccccc1)C1OC(O)(CCCCCCO)C(Br)=CC1=O. The molecule has 0 aromatic heterocycles. The van der Waals surface area contributed by atoms with Crippen LogP contribution in [0.3, 0.4) is 0 Å². The van der Waals surface area contributed by atoms with E-state index >= 15 is 0 Å². The minimum Gasteiger partial charge on any atom is -0.447 e. The number of rotatable bonds is 11. The Balaban J connectivity index is 1.89. The Bertz CT molecular complexity index is 935. The van der Waals surface area contributed by atoms with Gasteiger partial charge in [0.05, 0.1) is 16.4 Å². The van der Waals surface area contributed by atoms with E-state index in [1.54, 1.807) is 0 Å². The summed E-state index contributed by atoms with van der Waals surface area (Å²) in [6.07, 6.45) is 2.49. The first-order valence-corrected chi connectivity index (χ1v) is 12.9. The average Bonchev–Trinajstić information content (AvgIpc) is 3.22. The predicted octanol–water partition coefficient (Wildman–Crippen LogP) is 3.73. The largest absolute Gasteiger partial charge is 0.447 e.